The number of thioether (sulfide) groups is 1. The highest BCUT2D eigenvalue weighted by Crippen LogP contribution is 2.36. The molecule has 2 aliphatic rings. The van der Waals surface area contributed by atoms with E-state index in [0.717, 1.165) is 22.0 Å². The van der Waals surface area contributed by atoms with Crippen molar-refractivity contribution in [3.05, 3.63) is 47.5 Å². The highest BCUT2D eigenvalue weighted by atomic mass is 32.2. The lowest BCUT2D eigenvalue weighted by Crippen LogP contribution is -2.28. The summed E-state index contributed by atoms with van der Waals surface area (Å²) in [6.07, 6.45) is 0.692. The van der Waals surface area contributed by atoms with Crippen LogP contribution in [0, 0.1) is 0 Å². The number of carbonyl (C=O) groups is 2. The fourth-order valence-corrected chi connectivity index (χ4v) is 3.80. The van der Waals surface area contributed by atoms with E-state index in [1.54, 1.807) is 12.1 Å². The van der Waals surface area contributed by atoms with Gasteiger partial charge in [-0.1, -0.05) is 6.07 Å². The molecule has 4 rings (SSSR count). The van der Waals surface area contributed by atoms with E-state index in [-0.39, 0.29) is 23.9 Å². The molecule has 26 heavy (non-hydrogen) atoms. The standard InChI is InChI=1S/C19H18N2O4S/c1-11-18(22)21-14-9-13(3-5-17(14)26-11)19(23)20-7-6-12-2-4-15-16(8-12)25-10-24-15/h2-5,8-9,11H,6-7,10H2,1H3,(H,20,23)(H,21,22)/t11-/m0/s1. The fourth-order valence-electron chi connectivity index (χ4n) is 2.87. The molecule has 2 N–H and O–H groups in total. The lowest BCUT2D eigenvalue weighted by Gasteiger charge is -2.21. The maximum atomic E-state index is 12.4. The monoisotopic (exact) mass is 370 g/mol. The van der Waals surface area contributed by atoms with E-state index in [1.165, 1.54) is 11.8 Å². The molecule has 2 aliphatic heterocycles. The summed E-state index contributed by atoms with van der Waals surface area (Å²) in [7, 11) is 0. The molecule has 0 spiro atoms. The molecule has 2 aromatic rings. The molecule has 2 aromatic carbocycles. The predicted octanol–water partition coefficient (Wildman–Crippen LogP) is 2.82. The van der Waals surface area contributed by atoms with Crippen molar-refractivity contribution in [1.82, 2.24) is 5.32 Å². The number of amides is 2. The quantitative estimate of drug-likeness (QED) is 0.865. The Hall–Kier alpha value is -2.67. The summed E-state index contributed by atoms with van der Waals surface area (Å²) >= 11 is 1.50. The molecule has 7 heteroatoms. The minimum absolute atomic E-state index is 0.0390. The van der Waals surface area contributed by atoms with Gasteiger partial charge in [-0.05, 0) is 49.2 Å². The van der Waals surface area contributed by atoms with E-state index in [1.807, 2.05) is 31.2 Å². The molecule has 0 aliphatic carbocycles. The first kappa shape index (κ1) is 16.8. The van der Waals surface area contributed by atoms with E-state index >= 15 is 0 Å². The van der Waals surface area contributed by atoms with Crippen molar-refractivity contribution in [3.63, 3.8) is 0 Å². The predicted molar refractivity (Wildman–Crippen MR) is 99.0 cm³/mol. The van der Waals surface area contributed by atoms with Gasteiger partial charge in [-0.25, -0.2) is 0 Å². The molecule has 0 saturated heterocycles. The number of nitrogens with one attached hydrogen (secondary N) is 2. The molecule has 134 valence electrons. The van der Waals surface area contributed by atoms with Gasteiger partial charge in [0.05, 0.1) is 10.9 Å². The van der Waals surface area contributed by atoms with Crippen LogP contribution in [0.1, 0.15) is 22.8 Å². The number of ether oxygens (including phenoxy) is 2. The van der Waals surface area contributed by atoms with Gasteiger partial charge in [0.15, 0.2) is 11.5 Å². The summed E-state index contributed by atoms with van der Waals surface area (Å²) < 4.78 is 10.6. The third-order valence-electron chi connectivity index (χ3n) is 4.31. The largest absolute Gasteiger partial charge is 0.454 e. The van der Waals surface area contributed by atoms with Gasteiger partial charge < -0.3 is 20.1 Å². The number of carbonyl (C=O) groups excluding carboxylic acids is 2. The normalized spacial score (nSPS) is 17.4. The van der Waals surface area contributed by atoms with E-state index in [0.29, 0.717) is 24.2 Å². The second-order valence-electron chi connectivity index (χ2n) is 6.15. The molecule has 0 fully saturated rings. The maximum absolute atomic E-state index is 12.4. The van der Waals surface area contributed by atoms with Gasteiger partial charge in [-0.15, -0.1) is 11.8 Å². The first-order valence-corrected chi connectivity index (χ1v) is 9.26. The van der Waals surface area contributed by atoms with Crippen LogP contribution in [0.25, 0.3) is 0 Å². The highest BCUT2D eigenvalue weighted by molar-refractivity contribution is 8.00. The number of hydrogen-bond donors (Lipinski definition) is 2. The molecule has 2 amide bonds. The molecule has 0 aromatic heterocycles. The van der Waals surface area contributed by atoms with Crippen LogP contribution >= 0.6 is 11.8 Å². The Kier molecular flexibility index (Phi) is 4.46. The minimum atomic E-state index is -0.161. The Balaban J connectivity index is 1.36. The minimum Gasteiger partial charge on any atom is -0.454 e. The molecule has 1 atom stereocenters. The Morgan fingerprint density at radius 3 is 2.96 bits per heavy atom. The van der Waals surface area contributed by atoms with Crippen LogP contribution in [-0.4, -0.2) is 30.4 Å². The second-order valence-corrected chi connectivity index (χ2v) is 7.54. The van der Waals surface area contributed by atoms with E-state index in [2.05, 4.69) is 10.6 Å². The molecular formula is C19H18N2O4S. The lowest BCUT2D eigenvalue weighted by atomic mass is 10.1. The summed E-state index contributed by atoms with van der Waals surface area (Å²) in [4.78, 5) is 25.2. The van der Waals surface area contributed by atoms with Crippen molar-refractivity contribution in [2.75, 3.05) is 18.7 Å². The van der Waals surface area contributed by atoms with Gasteiger partial charge in [0.2, 0.25) is 12.7 Å². The van der Waals surface area contributed by atoms with Gasteiger partial charge in [0.1, 0.15) is 0 Å². The molecular weight excluding hydrogens is 352 g/mol. The van der Waals surface area contributed by atoms with Gasteiger partial charge >= 0.3 is 0 Å². The lowest BCUT2D eigenvalue weighted by molar-refractivity contribution is -0.115. The summed E-state index contributed by atoms with van der Waals surface area (Å²) in [5, 5.41) is 5.64. The van der Waals surface area contributed by atoms with Crippen LogP contribution < -0.4 is 20.1 Å². The summed E-state index contributed by atoms with van der Waals surface area (Å²) in [6, 6.07) is 11.2. The number of rotatable bonds is 4. The number of anilines is 1. The first-order chi connectivity index (χ1) is 12.6. The van der Waals surface area contributed by atoms with Crippen molar-refractivity contribution in [2.24, 2.45) is 0 Å². The second kappa shape index (κ2) is 6.92. The first-order valence-electron chi connectivity index (χ1n) is 8.38. The van der Waals surface area contributed by atoms with Gasteiger partial charge in [-0.2, -0.15) is 0 Å². The van der Waals surface area contributed by atoms with Crippen molar-refractivity contribution < 1.29 is 19.1 Å². The maximum Gasteiger partial charge on any atom is 0.251 e. The van der Waals surface area contributed by atoms with Crippen molar-refractivity contribution in [3.8, 4) is 11.5 Å². The third kappa shape index (κ3) is 3.35. The van der Waals surface area contributed by atoms with E-state index in [4.69, 9.17) is 9.47 Å². The molecule has 0 radical (unpaired) electrons. The van der Waals surface area contributed by atoms with Crippen LogP contribution in [0.5, 0.6) is 11.5 Å². The van der Waals surface area contributed by atoms with Crippen molar-refractivity contribution in [2.45, 2.75) is 23.5 Å². The van der Waals surface area contributed by atoms with Crippen LogP contribution in [0.3, 0.4) is 0 Å². The topological polar surface area (TPSA) is 76.7 Å². The van der Waals surface area contributed by atoms with Gasteiger partial charge in [-0.3, -0.25) is 9.59 Å². The zero-order valence-corrected chi connectivity index (χ0v) is 15.0. The molecule has 6 nitrogen and oxygen atoms in total. The number of benzene rings is 2. The Morgan fingerprint density at radius 1 is 1.23 bits per heavy atom. The average molecular weight is 370 g/mol. The van der Waals surface area contributed by atoms with E-state index in [9.17, 15) is 9.59 Å². The van der Waals surface area contributed by atoms with Crippen LogP contribution in [0.4, 0.5) is 5.69 Å². The zero-order chi connectivity index (χ0) is 18.1. The smallest absolute Gasteiger partial charge is 0.251 e. The van der Waals surface area contributed by atoms with Crippen LogP contribution in [0.15, 0.2) is 41.3 Å². The third-order valence-corrected chi connectivity index (χ3v) is 5.49. The SMILES string of the molecule is C[C@@H]1Sc2ccc(C(=O)NCCc3ccc4c(c3)OCO4)cc2NC1=O. The molecule has 0 bridgehead atoms. The number of hydrogen-bond acceptors (Lipinski definition) is 5. The Morgan fingerprint density at radius 2 is 2.08 bits per heavy atom. The Labute approximate surface area is 155 Å². The number of fused-ring (bicyclic) bond motifs is 2. The van der Waals surface area contributed by atoms with E-state index < -0.39 is 0 Å². The Bertz CT molecular complexity index is 884. The van der Waals surface area contributed by atoms with Crippen LogP contribution in [0.2, 0.25) is 0 Å². The fraction of sp³-hybridized carbons (Fsp3) is 0.263. The van der Waals surface area contributed by atoms with Gasteiger partial charge in [0, 0.05) is 17.0 Å². The molecule has 0 unspecified atom stereocenters. The summed E-state index contributed by atoms with van der Waals surface area (Å²) in [6.45, 7) is 2.62. The highest BCUT2D eigenvalue weighted by Gasteiger charge is 2.23. The van der Waals surface area contributed by atoms with Crippen LogP contribution in [-0.2, 0) is 11.2 Å². The average Bonchev–Trinajstić information content (AvgIpc) is 3.10. The summed E-state index contributed by atoms with van der Waals surface area (Å²) in [5.41, 5.74) is 2.30. The molecule has 0 saturated carbocycles. The van der Waals surface area contributed by atoms with Crippen molar-refractivity contribution >= 4 is 29.3 Å². The van der Waals surface area contributed by atoms with Gasteiger partial charge in [0.25, 0.3) is 5.91 Å². The molecule has 2 heterocycles. The van der Waals surface area contributed by atoms with Crippen molar-refractivity contribution in [1.29, 1.82) is 0 Å². The summed E-state index contributed by atoms with van der Waals surface area (Å²) in [5.74, 6) is 1.29. The zero-order valence-electron chi connectivity index (χ0n) is 14.2.